The van der Waals surface area contributed by atoms with Crippen LogP contribution in [0.3, 0.4) is 0 Å². The van der Waals surface area contributed by atoms with Crippen LogP contribution in [0.15, 0.2) is 29.2 Å². The zero-order valence-electron chi connectivity index (χ0n) is 16.0. The number of hydrogen-bond acceptors (Lipinski definition) is 7. The average molecular weight is 477 g/mol. The number of benzene rings is 1. The van der Waals surface area contributed by atoms with Crippen LogP contribution < -0.4 is 10.1 Å². The summed E-state index contributed by atoms with van der Waals surface area (Å²) < 4.78 is 73.0. The molecule has 1 saturated heterocycles. The van der Waals surface area contributed by atoms with Crippen molar-refractivity contribution in [3.63, 3.8) is 0 Å². The van der Waals surface area contributed by atoms with Crippen molar-refractivity contribution in [2.24, 2.45) is 0 Å². The first-order chi connectivity index (χ1) is 14.6. The van der Waals surface area contributed by atoms with E-state index < -0.39 is 28.2 Å². The van der Waals surface area contributed by atoms with Crippen molar-refractivity contribution in [3.05, 3.63) is 34.8 Å². The lowest BCUT2D eigenvalue weighted by Gasteiger charge is -2.25. The van der Waals surface area contributed by atoms with Gasteiger partial charge >= 0.3 is 6.36 Å². The molecule has 0 radical (unpaired) electrons. The summed E-state index contributed by atoms with van der Waals surface area (Å²) in [5.41, 5.74) is 0.716. The van der Waals surface area contributed by atoms with Crippen molar-refractivity contribution in [2.45, 2.75) is 43.2 Å². The molecule has 2 aromatic rings. The van der Waals surface area contributed by atoms with Crippen molar-refractivity contribution in [3.8, 4) is 5.75 Å². The first-order valence-electron chi connectivity index (χ1n) is 9.39. The first-order valence-corrected chi connectivity index (χ1v) is 11.6. The number of nitrogens with one attached hydrogen (secondary N) is 1. The third kappa shape index (κ3) is 5.00. The molecule has 2 aliphatic heterocycles. The maximum absolute atomic E-state index is 12.9. The minimum atomic E-state index is -4.85. The Hall–Kier alpha value is -2.22. The second-order valence-electron chi connectivity index (χ2n) is 6.99. The summed E-state index contributed by atoms with van der Waals surface area (Å²) in [4.78, 5) is 17.1. The highest BCUT2D eigenvalue weighted by molar-refractivity contribution is 7.89. The van der Waals surface area contributed by atoms with Gasteiger partial charge in [0.15, 0.2) is 5.13 Å². The van der Waals surface area contributed by atoms with E-state index in [9.17, 15) is 26.4 Å². The summed E-state index contributed by atoms with van der Waals surface area (Å²) in [5.74, 6) is -0.768. The molecule has 1 aromatic carbocycles. The molecule has 0 spiro atoms. The predicted molar refractivity (Wildman–Crippen MR) is 104 cm³/mol. The van der Waals surface area contributed by atoms with Gasteiger partial charge in [-0.05, 0) is 37.1 Å². The highest BCUT2D eigenvalue weighted by Gasteiger charge is 2.33. The Balaban J connectivity index is 1.45. The van der Waals surface area contributed by atoms with Crippen LogP contribution in [-0.2, 0) is 32.5 Å². The molecule has 2 aliphatic rings. The normalized spacial score (nSPS) is 19.8. The Morgan fingerprint density at radius 2 is 2.03 bits per heavy atom. The Labute approximate surface area is 180 Å². The van der Waals surface area contributed by atoms with E-state index in [0.29, 0.717) is 35.2 Å². The van der Waals surface area contributed by atoms with Crippen molar-refractivity contribution >= 4 is 32.4 Å². The minimum absolute atomic E-state index is 0.0614. The average Bonchev–Trinajstić information content (AvgIpc) is 3.36. The molecule has 0 aliphatic carbocycles. The van der Waals surface area contributed by atoms with Crippen molar-refractivity contribution in [1.82, 2.24) is 9.29 Å². The van der Waals surface area contributed by atoms with Crippen molar-refractivity contribution in [2.75, 3.05) is 18.5 Å². The molecule has 1 amide bonds. The van der Waals surface area contributed by atoms with E-state index in [4.69, 9.17) is 4.74 Å². The molecule has 1 aromatic heterocycles. The zero-order valence-corrected chi connectivity index (χ0v) is 17.6. The molecule has 31 heavy (non-hydrogen) atoms. The molecule has 8 nitrogen and oxygen atoms in total. The number of halogens is 3. The zero-order chi connectivity index (χ0) is 22.2. The van der Waals surface area contributed by atoms with Gasteiger partial charge in [-0.3, -0.25) is 10.1 Å². The standard InChI is InChI=1S/C18H18F3N3O5S2/c19-18(20,21)29-11-3-5-12(6-4-11)31(26,27)24-8-7-13-15(10-24)30-17(22-13)23-16(25)14-2-1-9-28-14/h3-6,14H,1-2,7-10H2,(H,22,23,25). The van der Waals surface area contributed by atoms with E-state index in [2.05, 4.69) is 15.0 Å². The summed E-state index contributed by atoms with van der Waals surface area (Å²) in [7, 11) is -3.92. The number of fused-ring (bicyclic) bond motifs is 1. The molecule has 3 heterocycles. The summed E-state index contributed by atoms with van der Waals surface area (Å²) in [6.45, 7) is 0.771. The Morgan fingerprint density at radius 3 is 2.68 bits per heavy atom. The van der Waals surface area contributed by atoms with Gasteiger partial charge in [0.25, 0.3) is 5.91 Å². The molecule has 1 fully saturated rings. The fourth-order valence-electron chi connectivity index (χ4n) is 3.36. The van der Waals surface area contributed by atoms with E-state index >= 15 is 0 Å². The number of hydrogen-bond donors (Lipinski definition) is 1. The third-order valence-electron chi connectivity index (χ3n) is 4.84. The molecule has 4 rings (SSSR count). The number of alkyl halides is 3. The number of amides is 1. The van der Waals surface area contributed by atoms with E-state index in [0.717, 1.165) is 30.7 Å². The highest BCUT2D eigenvalue weighted by atomic mass is 32.2. The van der Waals surface area contributed by atoms with Gasteiger partial charge in [0.2, 0.25) is 10.0 Å². The Bertz CT molecular complexity index is 1060. The summed E-state index contributed by atoms with van der Waals surface area (Å²) in [6.07, 6.45) is -3.52. The number of rotatable bonds is 5. The molecule has 1 unspecified atom stereocenters. The SMILES string of the molecule is O=C(Nc1nc2c(s1)CN(S(=O)(=O)c1ccc(OC(F)(F)F)cc1)CC2)C1CCCO1. The molecule has 1 N–H and O–H groups in total. The number of nitrogens with zero attached hydrogens (tertiary/aromatic N) is 2. The van der Waals surface area contributed by atoms with Crippen LogP contribution in [0.4, 0.5) is 18.3 Å². The van der Waals surface area contributed by atoms with Gasteiger partial charge in [-0.15, -0.1) is 24.5 Å². The number of anilines is 1. The van der Waals surface area contributed by atoms with Crippen LogP contribution in [0.5, 0.6) is 5.75 Å². The van der Waals surface area contributed by atoms with Gasteiger partial charge in [-0.1, -0.05) is 0 Å². The number of thiazole rings is 1. The lowest BCUT2D eigenvalue weighted by atomic mass is 10.2. The lowest BCUT2D eigenvalue weighted by Crippen LogP contribution is -2.35. The maximum atomic E-state index is 12.9. The number of ether oxygens (including phenoxy) is 2. The van der Waals surface area contributed by atoms with Crippen LogP contribution in [0.25, 0.3) is 0 Å². The molecule has 168 valence electrons. The molecule has 1 atom stereocenters. The van der Waals surface area contributed by atoms with Crippen LogP contribution in [-0.4, -0.2) is 49.2 Å². The predicted octanol–water partition coefficient (Wildman–Crippen LogP) is 2.91. The van der Waals surface area contributed by atoms with Gasteiger partial charge in [-0.2, -0.15) is 4.31 Å². The summed E-state index contributed by atoms with van der Waals surface area (Å²) >= 11 is 1.20. The van der Waals surface area contributed by atoms with Gasteiger partial charge in [0.1, 0.15) is 11.9 Å². The van der Waals surface area contributed by atoms with Gasteiger partial charge in [-0.25, -0.2) is 13.4 Å². The van der Waals surface area contributed by atoms with E-state index in [-0.39, 0.29) is 23.9 Å². The monoisotopic (exact) mass is 477 g/mol. The summed E-state index contributed by atoms with van der Waals surface area (Å²) in [6, 6.07) is 4.07. The first kappa shape index (κ1) is 22.0. The lowest BCUT2D eigenvalue weighted by molar-refractivity contribution is -0.274. The second kappa shape index (κ2) is 8.37. The fraction of sp³-hybridized carbons (Fsp3) is 0.444. The largest absolute Gasteiger partial charge is 0.573 e. The number of carbonyl (C=O) groups excluding carboxylic acids is 1. The van der Waals surface area contributed by atoms with Crippen LogP contribution in [0.2, 0.25) is 0 Å². The molecular weight excluding hydrogens is 459 g/mol. The number of sulfonamides is 1. The second-order valence-corrected chi connectivity index (χ2v) is 10.0. The molecule has 0 bridgehead atoms. The van der Waals surface area contributed by atoms with Crippen LogP contribution in [0, 0.1) is 0 Å². The quantitative estimate of drug-likeness (QED) is 0.711. The fourth-order valence-corrected chi connectivity index (χ4v) is 5.88. The highest BCUT2D eigenvalue weighted by Crippen LogP contribution is 2.32. The number of carbonyl (C=O) groups is 1. The van der Waals surface area contributed by atoms with Gasteiger partial charge < -0.3 is 9.47 Å². The van der Waals surface area contributed by atoms with E-state index in [1.54, 1.807) is 0 Å². The Kier molecular flexibility index (Phi) is 5.94. The molecule has 0 saturated carbocycles. The Morgan fingerprint density at radius 1 is 1.29 bits per heavy atom. The van der Waals surface area contributed by atoms with E-state index in [1.807, 2.05) is 0 Å². The van der Waals surface area contributed by atoms with Gasteiger partial charge in [0, 0.05) is 24.4 Å². The number of aromatic nitrogens is 1. The van der Waals surface area contributed by atoms with E-state index in [1.165, 1.54) is 15.6 Å². The maximum Gasteiger partial charge on any atom is 0.573 e. The molecular formula is C18H18F3N3O5S2. The topological polar surface area (TPSA) is 97.8 Å². The van der Waals surface area contributed by atoms with Crippen molar-refractivity contribution < 1.29 is 35.9 Å². The molecule has 13 heteroatoms. The van der Waals surface area contributed by atoms with Crippen molar-refractivity contribution in [1.29, 1.82) is 0 Å². The smallest absolute Gasteiger partial charge is 0.406 e. The summed E-state index contributed by atoms with van der Waals surface area (Å²) in [5, 5.41) is 3.11. The van der Waals surface area contributed by atoms with Crippen LogP contribution in [0.1, 0.15) is 23.4 Å². The minimum Gasteiger partial charge on any atom is -0.406 e. The van der Waals surface area contributed by atoms with Gasteiger partial charge in [0.05, 0.1) is 17.1 Å². The van der Waals surface area contributed by atoms with Crippen LogP contribution >= 0.6 is 11.3 Å². The third-order valence-corrected chi connectivity index (χ3v) is 7.70.